The molecular weight excluding hydrogens is 258 g/mol. The molecule has 1 aliphatic carbocycles. The Morgan fingerprint density at radius 1 is 1.63 bits per heavy atom. The smallest absolute Gasteiger partial charge is 0.139 e. The largest absolute Gasteiger partial charge is 0.409 e. The minimum Gasteiger partial charge on any atom is -0.409 e. The molecule has 0 bridgehead atoms. The second kappa shape index (κ2) is 5.92. The Labute approximate surface area is 118 Å². The van der Waals surface area contributed by atoms with E-state index in [1.807, 2.05) is 11.3 Å². The molecule has 106 valence electrons. The normalized spacial score (nSPS) is 19.6. The fraction of sp³-hybridized carbons (Fsp3) is 0.643. The maximum absolute atomic E-state index is 8.69. The summed E-state index contributed by atoms with van der Waals surface area (Å²) in [4.78, 5) is 3.83. The lowest BCUT2D eigenvalue weighted by Gasteiger charge is -2.28. The monoisotopic (exact) mass is 281 g/mol. The highest BCUT2D eigenvalue weighted by atomic mass is 32.1. The number of thiophene rings is 1. The highest BCUT2D eigenvalue weighted by Crippen LogP contribution is 2.49. The number of nitrogens with zero attached hydrogens (tertiary/aromatic N) is 2. The van der Waals surface area contributed by atoms with Crippen LogP contribution in [0.2, 0.25) is 0 Å². The number of rotatable bonds is 7. The average Bonchev–Trinajstić information content (AvgIpc) is 2.92. The van der Waals surface area contributed by atoms with E-state index in [4.69, 9.17) is 10.9 Å². The van der Waals surface area contributed by atoms with Crippen LogP contribution in [-0.4, -0.2) is 35.6 Å². The van der Waals surface area contributed by atoms with Crippen molar-refractivity contribution < 1.29 is 5.21 Å². The second-order valence-corrected chi connectivity index (χ2v) is 6.85. The van der Waals surface area contributed by atoms with Crippen LogP contribution in [-0.2, 0) is 6.42 Å². The number of oxime groups is 1. The third-order valence-corrected chi connectivity index (χ3v) is 4.95. The summed E-state index contributed by atoms with van der Waals surface area (Å²) in [6.45, 7) is 3.29. The summed E-state index contributed by atoms with van der Waals surface area (Å²) in [5.74, 6) is 0.358. The molecule has 1 aromatic rings. The van der Waals surface area contributed by atoms with Crippen molar-refractivity contribution in [2.45, 2.75) is 38.6 Å². The average molecular weight is 281 g/mol. The van der Waals surface area contributed by atoms with Crippen molar-refractivity contribution in [2.75, 3.05) is 13.6 Å². The molecule has 1 heterocycles. The molecule has 0 saturated heterocycles. The highest BCUT2D eigenvalue weighted by molar-refractivity contribution is 7.09. The van der Waals surface area contributed by atoms with E-state index in [-0.39, 0.29) is 5.41 Å². The summed E-state index contributed by atoms with van der Waals surface area (Å²) in [6.07, 6.45) is 4.16. The van der Waals surface area contributed by atoms with Gasteiger partial charge in [0.15, 0.2) is 0 Å². The van der Waals surface area contributed by atoms with Gasteiger partial charge in [-0.2, -0.15) is 0 Å². The standard InChI is InChI=1S/C14H23N3OS/c1-11(8-12-4-3-7-19-12)17(2)10-14(5-6-14)9-13(15)16-18/h3-4,7,11,18H,5-6,8-10H2,1-2H3,(H2,15,16). The predicted molar refractivity (Wildman–Crippen MR) is 79.8 cm³/mol. The molecule has 5 heteroatoms. The number of nitrogens with two attached hydrogens (primary N) is 1. The Bertz CT molecular complexity index is 426. The first kappa shape index (κ1) is 14.3. The molecule has 0 radical (unpaired) electrons. The summed E-state index contributed by atoms with van der Waals surface area (Å²) < 4.78 is 0. The summed E-state index contributed by atoms with van der Waals surface area (Å²) in [7, 11) is 2.17. The molecular formula is C14H23N3OS. The minimum absolute atomic E-state index is 0.245. The van der Waals surface area contributed by atoms with Crippen LogP contribution in [0.25, 0.3) is 0 Å². The Morgan fingerprint density at radius 3 is 2.89 bits per heavy atom. The van der Waals surface area contributed by atoms with Crippen LogP contribution in [0.5, 0.6) is 0 Å². The van der Waals surface area contributed by atoms with Gasteiger partial charge >= 0.3 is 0 Å². The lowest BCUT2D eigenvalue weighted by molar-refractivity contribution is 0.208. The summed E-state index contributed by atoms with van der Waals surface area (Å²) >= 11 is 1.82. The van der Waals surface area contributed by atoms with Crippen molar-refractivity contribution >= 4 is 17.2 Å². The molecule has 1 fully saturated rings. The summed E-state index contributed by atoms with van der Waals surface area (Å²) in [5.41, 5.74) is 5.89. The van der Waals surface area contributed by atoms with E-state index in [1.165, 1.54) is 17.7 Å². The van der Waals surface area contributed by atoms with E-state index < -0.39 is 0 Å². The van der Waals surface area contributed by atoms with Gasteiger partial charge in [0, 0.05) is 23.9 Å². The van der Waals surface area contributed by atoms with Gasteiger partial charge < -0.3 is 15.8 Å². The van der Waals surface area contributed by atoms with Crippen molar-refractivity contribution in [2.24, 2.45) is 16.3 Å². The molecule has 0 aromatic carbocycles. The molecule has 2 rings (SSSR count). The van der Waals surface area contributed by atoms with Gasteiger partial charge in [-0.25, -0.2) is 0 Å². The van der Waals surface area contributed by atoms with Crippen molar-refractivity contribution in [3.8, 4) is 0 Å². The fourth-order valence-electron chi connectivity index (χ4n) is 2.55. The molecule has 1 unspecified atom stereocenters. The van der Waals surface area contributed by atoms with Gasteiger partial charge in [0.2, 0.25) is 0 Å². The van der Waals surface area contributed by atoms with Gasteiger partial charge in [-0.15, -0.1) is 11.3 Å². The first-order valence-electron chi connectivity index (χ1n) is 6.74. The van der Waals surface area contributed by atoms with E-state index >= 15 is 0 Å². The van der Waals surface area contributed by atoms with Crippen molar-refractivity contribution in [1.82, 2.24) is 4.90 Å². The molecule has 1 aliphatic rings. The van der Waals surface area contributed by atoms with Crippen LogP contribution >= 0.6 is 11.3 Å². The molecule has 0 aliphatic heterocycles. The van der Waals surface area contributed by atoms with Gasteiger partial charge in [-0.3, -0.25) is 0 Å². The Hall–Kier alpha value is -1.07. The van der Waals surface area contributed by atoms with Gasteiger partial charge in [0.1, 0.15) is 5.84 Å². The number of hydrogen-bond donors (Lipinski definition) is 2. The number of amidine groups is 1. The first-order valence-corrected chi connectivity index (χ1v) is 7.62. The van der Waals surface area contributed by atoms with Crippen LogP contribution in [0.3, 0.4) is 0 Å². The molecule has 1 saturated carbocycles. The molecule has 4 nitrogen and oxygen atoms in total. The van der Waals surface area contributed by atoms with Crippen molar-refractivity contribution in [3.05, 3.63) is 22.4 Å². The van der Waals surface area contributed by atoms with E-state index in [0.29, 0.717) is 18.3 Å². The summed E-state index contributed by atoms with van der Waals surface area (Å²) in [6, 6.07) is 4.81. The molecule has 0 spiro atoms. The lowest BCUT2D eigenvalue weighted by Crippen LogP contribution is -2.37. The predicted octanol–water partition coefficient (Wildman–Crippen LogP) is 2.53. The molecule has 3 N–H and O–H groups in total. The Kier molecular flexibility index (Phi) is 4.47. The summed E-state index contributed by atoms with van der Waals surface area (Å²) in [5, 5.41) is 13.9. The van der Waals surface area contributed by atoms with Gasteiger partial charge in [0.05, 0.1) is 0 Å². The second-order valence-electron chi connectivity index (χ2n) is 5.82. The Morgan fingerprint density at radius 2 is 2.37 bits per heavy atom. The maximum atomic E-state index is 8.69. The highest BCUT2D eigenvalue weighted by Gasteiger charge is 2.44. The topological polar surface area (TPSA) is 61.8 Å². The molecule has 0 amide bonds. The zero-order valence-electron chi connectivity index (χ0n) is 11.7. The SMILES string of the molecule is CC(Cc1cccs1)N(C)CC1(CC(N)=NO)CC1. The van der Waals surface area contributed by atoms with Gasteiger partial charge in [-0.05, 0) is 50.1 Å². The zero-order valence-corrected chi connectivity index (χ0v) is 12.5. The van der Waals surface area contributed by atoms with E-state index in [2.05, 4.69) is 41.5 Å². The first-order chi connectivity index (χ1) is 9.04. The van der Waals surface area contributed by atoms with Crippen LogP contribution in [0, 0.1) is 5.41 Å². The molecule has 1 atom stereocenters. The van der Waals surface area contributed by atoms with E-state index in [9.17, 15) is 0 Å². The van der Waals surface area contributed by atoms with Crippen molar-refractivity contribution in [1.29, 1.82) is 0 Å². The zero-order chi connectivity index (χ0) is 13.9. The van der Waals surface area contributed by atoms with Gasteiger partial charge in [-0.1, -0.05) is 11.2 Å². The quantitative estimate of drug-likeness (QED) is 0.349. The van der Waals surface area contributed by atoms with Crippen LogP contribution < -0.4 is 5.73 Å². The van der Waals surface area contributed by atoms with Crippen molar-refractivity contribution in [3.63, 3.8) is 0 Å². The van der Waals surface area contributed by atoms with E-state index in [1.54, 1.807) is 0 Å². The maximum Gasteiger partial charge on any atom is 0.139 e. The number of likely N-dealkylation sites (N-methyl/N-ethyl adjacent to an activating group) is 1. The third kappa shape index (κ3) is 3.94. The van der Waals surface area contributed by atoms with E-state index in [0.717, 1.165) is 13.0 Å². The minimum atomic E-state index is 0.245. The molecule has 1 aromatic heterocycles. The molecule has 19 heavy (non-hydrogen) atoms. The fourth-order valence-corrected chi connectivity index (χ4v) is 3.37. The van der Waals surface area contributed by atoms with Crippen LogP contribution in [0.1, 0.15) is 31.1 Å². The Balaban J connectivity index is 1.85. The lowest BCUT2D eigenvalue weighted by atomic mass is 10.00. The van der Waals surface area contributed by atoms with Gasteiger partial charge in [0.25, 0.3) is 0 Å². The van der Waals surface area contributed by atoms with Crippen LogP contribution in [0.4, 0.5) is 0 Å². The third-order valence-electron chi connectivity index (χ3n) is 4.06. The number of hydrogen-bond acceptors (Lipinski definition) is 4. The van der Waals surface area contributed by atoms with Crippen LogP contribution in [0.15, 0.2) is 22.7 Å².